The van der Waals surface area contributed by atoms with Crippen molar-refractivity contribution in [1.29, 1.82) is 0 Å². The van der Waals surface area contributed by atoms with Gasteiger partial charge in [0.1, 0.15) is 6.10 Å². The summed E-state index contributed by atoms with van der Waals surface area (Å²) in [5.74, 6) is -2.76. The number of rotatable bonds is 5. The molecule has 0 radical (unpaired) electrons. The van der Waals surface area contributed by atoms with Gasteiger partial charge in [-0.1, -0.05) is 0 Å². The molecule has 1 aliphatic rings. The van der Waals surface area contributed by atoms with Crippen LogP contribution in [0.5, 0.6) is 0 Å². The molecule has 0 saturated heterocycles. The first kappa shape index (κ1) is 22.7. The van der Waals surface area contributed by atoms with Gasteiger partial charge in [0, 0.05) is 27.4 Å². The number of carboxylic acids is 1. The molecule has 0 fully saturated rings. The number of carboxylic acid groups (broad SMARTS) is 1. The Bertz CT molecular complexity index is 633. The SMILES string of the molecule is COCCn1cc2c(n1)C(CNC(=O)N(C)C)OCC2.O=C(O)C(F)(F)F. The van der Waals surface area contributed by atoms with Gasteiger partial charge in [-0.05, 0) is 12.0 Å². The molecule has 12 heteroatoms. The van der Waals surface area contributed by atoms with Crippen molar-refractivity contribution in [2.24, 2.45) is 0 Å². The van der Waals surface area contributed by atoms with Crippen LogP contribution >= 0.6 is 0 Å². The lowest BCUT2D eigenvalue weighted by Gasteiger charge is -2.23. The number of amides is 2. The third-order valence-electron chi connectivity index (χ3n) is 3.48. The quantitative estimate of drug-likeness (QED) is 0.771. The summed E-state index contributed by atoms with van der Waals surface area (Å²) in [6.45, 7) is 2.44. The number of fused-ring (bicyclic) bond motifs is 1. The van der Waals surface area contributed by atoms with Crippen molar-refractivity contribution in [3.63, 3.8) is 0 Å². The first-order chi connectivity index (χ1) is 12.6. The van der Waals surface area contributed by atoms with Crippen LogP contribution in [0.4, 0.5) is 18.0 Å². The minimum atomic E-state index is -5.08. The van der Waals surface area contributed by atoms with E-state index in [4.69, 9.17) is 19.4 Å². The average molecular weight is 396 g/mol. The number of halogens is 3. The highest BCUT2D eigenvalue weighted by Gasteiger charge is 2.38. The summed E-state index contributed by atoms with van der Waals surface area (Å²) < 4.78 is 44.4. The number of aliphatic carboxylic acids is 1. The van der Waals surface area contributed by atoms with Crippen molar-refractivity contribution in [2.45, 2.75) is 25.2 Å². The van der Waals surface area contributed by atoms with Crippen LogP contribution in [0.1, 0.15) is 17.4 Å². The minimum absolute atomic E-state index is 0.125. The number of hydrogen-bond acceptors (Lipinski definition) is 5. The van der Waals surface area contributed by atoms with E-state index >= 15 is 0 Å². The summed E-state index contributed by atoms with van der Waals surface area (Å²) in [5.41, 5.74) is 2.11. The van der Waals surface area contributed by atoms with Crippen molar-refractivity contribution in [1.82, 2.24) is 20.0 Å². The summed E-state index contributed by atoms with van der Waals surface area (Å²) in [7, 11) is 5.09. The van der Waals surface area contributed by atoms with Crippen LogP contribution in [0.15, 0.2) is 6.20 Å². The highest BCUT2D eigenvalue weighted by molar-refractivity contribution is 5.73. The van der Waals surface area contributed by atoms with Crippen LogP contribution in [0.3, 0.4) is 0 Å². The van der Waals surface area contributed by atoms with Gasteiger partial charge >= 0.3 is 18.2 Å². The molecule has 154 valence electrons. The van der Waals surface area contributed by atoms with Crippen molar-refractivity contribution in [3.8, 4) is 0 Å². The summed E-state index contributed by atoms with van der Waals surface area (Å²) in [6, 6.07) is -0.125. The van der Waals surface area contributed by atoms with Crippen molar-refractivity contribution < 1.29 is 37.3 Å². The highest BCUT2D eigenvalue weighted by atomic mass is 19.4. The number of carbonyl (C=O) groups excluding carboxylic acids is 1. The first-order valence-corrected chi connectivity index (χ1v) is 7.98. The molecular formula is C15H23F3N4O5. The molecular weight excluding hydrogens is 373 g/mol. The second-order valence-electron chi connectivity index (χ2n) is 5.79. The topological polar surface area (TPSA) is 106 Å². The fourth-order valence-corrected chi connectivity index (χ4v) is 2.12. The van der Waals surface area contributed by atoms with Gasteiger partial charge < -0.3 is 24.8 Å². The number of nitrogens with one attached hydrogen (secondary N) is 1. The van der Waals surface area contributed by atoms with E-state index in [1.807, 2.05) is 10.9 Å². The molecule has 2 rings (SSSR count). The molecule has 9 nitrogen and oxygen atoms in total. The summed E-state index contributed by atoms with van der Waals surface area (Å²) in [4.78, 5) is 22.0. The monoisotopic (exact) mass is 396 g/mol. The fourth-order valence-electron chi connectivity index (χ4n) is 2.12. The Kier molecular flexibility index (Phi) is 8.50. The van der Waals surface area contributed by atoms with E-state index in [1.54, 1.807) is 21.2 Å². The van der Waals surface area contributed by atoms with Crippen LogP contribution in [0.2, 0.25) is 0 Å². The second kappa shape index (κ2) is 10.1. The second-order valence-corrected chi connectivity index (χ2v) is 5.79. The maximum absolute atomic E-state index is 11.6. The molecule has 2 heterocycles. The number of methoxy groups -OCH3 is 1. The molecule has 1 aliphatic heterocycles. The van der Waals surface area contributed by atoms with Gasteiger partial charge in [-0.3, -0.25) is 4.68 Å². The molecule has 2 N–H and O–H groups in total. The molecule has 0 aliphatic carbocycles. The predicted octanol–water partition coefficient (Wildman–Crippen LogP) is 1.05. The van der Waals surface area contributed by atoms with Gasteiger partial charge in [0.05, 0.1) is 32.0 Å². The largest absolute Gasteiger partial charge is 0.490 e. The number of aromatic nitrogens is 2. The number of hydrogen-bond donors (Lipinski definition) is 2. The Morgan fingerprint density at radius 1 is 1.48 bits per heavy atom. The minimum Gasteiger partial charge on any atom is -0.475 e. The number of alkyl halides is 3. The maximum Gasteiger partial charge on any atom is 0.490 e. The zero-order valence-corrected chi connectivity index (χ0v) is 15.2. The van der Waals surface area contributed by atoms with Gasteiger partial charge in [-0.25, -0.2) is 9.59 Å². The number of nitrogens with zero attached hydrogens (tertiary/aromatic N) is 3. The Hall–Kier alpha value is -2.34. The maximum atomic E-state index is 11.6. The van der Waals surface area contributed by atoms with Crippen LogP contribution in [-0.2, 0) is 27.2 Å². The number of carbonyl (C=O) groups is 2. The molecule has 0 aromatic carbocycles. The Labute approximate surface area is 154 Å². The fraction of sp³-hybridized carbons (Fsp3) is 0.667. The van der Waals surface area contributed by atoms with E-state index in [0.717, 1.165) is 18.7 Å². The van der Waals surface area contributed by atoms with Crippen LogP contribution in [0, 0.1) is 0 Å². The van der Waals surface area contributed by atoms with Crippen LogP contribution in [-0.4, -0.2) is 78.9 Å². The lowest BCUT2D eigenvalue weighted by Crippen LogP contribution is -2.38. The van der Waals surface area contributed by atoms with Crippen LogP contribution in [0.25, 0.3) is 0 Å². The number of urea groups is 1. The molecule has 0 bridgehead atoms. The third-order valence-corrected chi connectivity index (χ3v) is 3.48. The normalized spacial score (nSPS) is 16.0. The Morgan fingerprint density at radius 2 is 2.11 bits per heavy atom. The summed E-state index contributed by atoms with van der Waals surface area (Å²) in [5, 5.41) is 14.5. The molecule has 1 aromatic heterocycles. The van der Waals surface area contributed by atoms with Gasteiger partial charge in [0.2, 0.25) is 0 Å². The van der Waals surface area contributed by atoms with Gasteiger partial charge in [-0.15, -0.1) is 0 Å². The molecule has 1 aromatic rings. The average Bonchev–Trinajstić information content (AvgIpc) is 3.00. The van der Waals surface area contributed by atoms with Gasteiger partial charge in [0.25, 0.3) is 0 Å². The van der Waals surface area contributed by atoms with E-state index in [2.05, 4.69) is 10.4 Å². The van der Waals surface area contributed by atoms with Crippen molar-refractivity contribution >= 4 is 12.0 Å². The predicted molar refractivity (Wildman–Crippen MR) is 87.3 cm³/mol. The van der Waals surface area contributed by atoms with Crippen LogP contribution < -0.4 is 5.32 Å². The Balaban J connectivity index is 0.000000445. The molecule has 1 unspecified atom stereocenters. The zero-order valence-electron chi connectivity index (χ0n) is 15.2. The van der Waals surface area contributed by atoms with E-state index < -0.39 is 12.1 Å². The van der Waals surface area contributed by atoms with E-state index in [1.165, 1.54) is 10.5 Å². The van der Waals surface area contributed by atoms with E-state index in [9.17, 15) is 18.0 Å². The third kappa shape index (κ3) is 7.43. The molecule has 0 spiro atoms. The molecule has 2 amide bonds. The highest BCUT2D eigenvalue weighted by Crippen LogP contribution is 2.25. The lowest BCUT2D eigenvalue weighted by molar-refractivity contribution is -0.192. The molecule has 27 heavy (non-hydrogen) atoms. The standard InChI is InChI=1S/C13H22N4O3.C2HF3O2/c1-16(2)13(18)14-8-11-12-10(4-6-20-11)9-17(15-12)5-7-19-3;3-2(4,5)1(6)7/h9,11H,4-8H2,1-3H3,(H,14,18);(H,6,7). The smallest absolute Gasteiger partial charge is 0.475 e. The molecule has 1 atom stereocenters. The van der Waals surface area contributed by atoms with Crippen molar-refractivity contribution in [3.05, 3.63) is 17.5 Å². The Morgan fingerprint density at radius 3 is 2.63 bits per heavy atom. The zero-order chi connectivity index (χ0) is 20.6. The number of ether oxygens (including phenoxy) is 2. The summed E-state index contributed by atoms with van der Waals surface area (Å²) >= 11 is 0. The van der Waals surface area contributed by atoms with Gasteiger partial charge in [-0.2, -0.15) is 18.3 Å². The lowest BCUT2D eigenvalue weighted by atomic mass is 10.1. The first-order valence-electron chi connectivity index (χ1n) is 7.98. The summed E-state index contributed by atoms with van der Waals surface area (Å²) in [6.07, 6.45) is -2.36. The van der Waals surface area contributed by atoms with Crippen molar-refractivity contribution in [2.75, 3.05) is 41.0 Å². The van der Waals surface area contributed by atoms with E-state index in [-0.39, 0.29) is 12.1 Å². The van der Waals surface area contributed by atoms with Gasteiger partial charge in [0.15, 0.2) is 0 Å². The molecule has 0 saturated carbocycles. The van der Waals surface area contributed by atoms with E-state index in [0.29, 0.717) is 19.8 Å².